The summed E-state index contributed by atoms with van der Waals surface area (Å²) in [6.45, 7) is 3.20. The molecule has 1 aliphatic heterocycles. The van der Waals surface area contributed by atoms with Gasteiger partial charge in [-0.2, -0.15) is 4.98 Å². The zero-order chi connectivity index (χ0) is 13.9. The highest BCUT2D eigenvalue weighted by Gasteiger charge is 2.31. The van der Waals surface area contributed by atoms with Crippen LogP contribution in [0.25, 0.3) is 0 Å². The molecule has 0 bridgehead atoms. The molecule has 2 heterocycles. The lowest BCUT2D eigenvalue weighted by Gasteiger charge is -2.06. The molecule has 3 rings (SSSR count). The number of nitrogens with two attached hydrogens (primary N) is 1. The van der Waals surface area contributed by atoms with Crippen LogP contribution in [0.5, 0.6) is 0 Å². The highest BCUT2D eigenvalue weighted by Crippen LogP contribution is 2.25. The number of aromatic nitrogens is 2. The Labute approximate surface area is 121 Å². The SMILES string of the molecule is Cc1cccc(SCc2noc(C3COCC3N)n2)c1. The lowest BCUT2D eigenvalue weighted by molar-refractivity contribution is 0.187. The Hall–Kier alpha value is -1.37. The topological polar surface area (TPSA) is 74.2 Å². The van der Waals surface area contributed by atoms with Crippen molar-refractivity contribution in [1.29, 1.82) is 0 Å². The van der Waals surface area contributed by atoms with Crippen molar-refractivity contribution in [3.8, 4) is 0 Å². The fourth-order valence-electron chi connectivity index (χ4n) is 2.15. The van der Waals surface area contributed by atoms with Crippen LogP contribution >= 0.6 is 11.8 Å². The van der Waals surface area contributed by atoms with Crippen LogP contribution in [0.4, 0.5) is 0 Å². The van der Waals surface area contributed by atoms with Crippen molar-refractivity contribution in [3.63, 3.8) is 0 Å². The van der Waals surface area contributed by atoms with Crippen molar-refractivity contribution in [2.24, 2.45) is 5.73 Å². The summed E-state index contributed by atoms with van der Waals surface area (Å²) >= 11 is 1.70. The summed E-state index contributed by atoms with van der Waals surface area (Å²) in [6.07, 6.45) is 0. The Bertz CT molecular complexity index is 587. The smallest absolute Gasteiger partial charge is 0.233 e. The number of ether oxygens (including phenoxy) is 1. The van der Waals surface area contributed by atoms with E-state index in [4.69, 9.17) is 15.0 Å². The molecule has 0 saturated carbocycles. The van der Waals surface area contributed by atoms with E-state index in [9.17, 15) is 0 Å². The maximum Gasteiger partial charge on any atom is 0.233 e. The quantitative estimate of drug-likeness (QED) is 0.870. The standard InChI is InChI=1S/C14H17N3O2S/c1-9-3-2-4-10(5-9)20-8-13-16-14(19-17-13)11-6-18-7-12(11)15/h2-5,11-12H,6-8,15H2,1H3. The molecule has 0 radical (unpaired) electrons. The van der Waals surface area contributed by atoms with Gasteiger partial charge in [0.2, 0.25) is 5.89 Å². The lowest BCUT2D eigenvalue weighted by atomic mass is 10.1. The Morgan fingerprint density at radius 3 is 3.05 bits per heavy atom. The molecule has 2 unspecified atom stereocenters. The van der Waals surface area contributed by atoms with E-state index in [0.717, 1.165) is 0 Å². The van der Waals surface area contributed by atoms with Crippen molar-refractivity contribution in [1.82, 2.24) is 10.1 Å². The van der Waals surface area contributed by atoms with Gasteiger partial charge in [-0.05, 0) is 19.1 Å². The molecule has 6 heteroatoms. The average Bonchev–Trinajstić information content (AvgIpc) is 3.05. The van der Waals surface area contributed by atoms with Gasteiger partial charge >= 0.3 is 0 Å². The van der Waals surface area contributed by atoms with Crippen molar-refractivity contribution < 1.29 is 9.26 Å². The molecule has 1 aliphatic rings. The molecular formula is C14H17N3O2S. The van der Waals surface area contributed by atoms with Crippen molar-refractivity contribution >= 4 is 11.8 Å². The molecule has 0 amide bonds. The molecule has 5 nitrogen and oxygen atoms in total. The molecule has 1 aromatic heterocycles. The maximum atomic E-state index is 5.94. The molecule has 106 valence electrons. The average molecular weight is 291 g/mol. The van der Waals surface area contributed by atoms with Crippen LogP contribution in [-0.4, -0.2) is 29.4 Å². The number of hydrogen-bond donors (Lipinski definition) is 1. The molecular weight excluding hydrogens is 274 g/mol. The van der Waals surface area contributed by atoms with Gasteiger partial charge in [0.05, 0.1) is 24.9 Å². The molecule has 0 aliphatic carbocycles. The highest BCUT2D eigenvalue weighted by atomic mass is 32.2. The summed E-state index contributed by atoms with van der Waals surface area (Å²) in [7, 11) is 0. The molecule has 20 heavy (non-hydrogen) atoms. The van der Waals surface area contributed by atoms with Gasteiger partial charge in [-0.1, -0.05) is 22.9 Å². The van der Waals surface area contributed by atoms with Gasteiger partial charge in [0.25, 0.3) is 0 Å². The third-order valence-corrected chi connectivity index (χ3v) is 4.27. The fourth-order valence-corrected chi connectivity index (χ4v) is 3.01. The van der Waals surface area contributed by atoms with Crippen molar-refractivity contribution in [3.05, 3.63) is 41.5 Å². The highest BCUT2D eigenvalue weighted by molar-refractivity contribution is 7.98. The van der Waals surface area contributed by atoms with Gasteiger partial charge in [-0.15, -0.1) is 11.8 Å². The molecule has 1 saturated heterocycles. The van der Waals surface area contributed by atoms with Crippen LogP contribution in [0.2, 0.25) is 0 Å². The molecule has 1 aromatic carbocycles. The van der Waals surface area contributed by atoms with E-state index in [2.05, 4.69) is 35.3 Å². The van der Waals surface area contributed by atoms with Gasteiger partial charge in [-0.3, -0.25) is 0 Å². The van der Waals surface area contributed by atoms with Gasteiger partial charge in [0.15, 0.2) is 5.82 Å². The summed E-state index contributed by atoms with van der Waals surface area (Å²) < 4.78 is 10.6. The third kappa shape index (κ3) is 3.03. The number of hydrogen-bond acceptors (Lipinski definition) is 6. The Morgan fingerprint density at radius 1 is 1.40 bits per heavy atom. The monoisotopic (exact) mass is 291 g/mol. The molecule has 2 N–H and O–H groups in total. The van der Waals surface area contributed by atoms with E-state index in [-0.39, 0.29) is 12.0 Å². The molecule has 2 atom stereocenters. The summed E-state index contributed by atoms with van der Waals surface area (Å²) in [5, 5.41) is 4.01. The maximum absolute atomic E-state index is 5.94. The number of benzene rings is 1. The van der Waals surface area contributed by atoms with E-state index in [1.165, 1.54) is 10.5 Å². The second-order valence-electron chi connectivity index (χ2n) is 4.96. The fraction of sp³-hybridized carbons (Fsp3) is 0.429. The first-order valence-corrected chi connectivity index (χ1v) is 7.56. The Kier molecular flexibility index (Phi) is 4.05. The third-order valence-electron chi connectivity index (χ3n) is 3.28. The number of nitrogens with zero attached hydrogens (tertiary/aromatic N) is 2. The minimum atomic E-state index is -0.0484. The molecule has 1 fully saturated rings. The Balaban J connectivity index is 1.63. The predicted octanol–water partition coefficient (Wildman–Crippen LogP) is 2.11. The predicted molar refractivity (Wildman–Crippen MR) is 76.6 cm³/mol. The second-order valence-corrected chi connectivity index (χ2v) is 6.01. The Morgan fingerprint density at radius 2 is 2.30 bits per heavy atom. The number of aryl methyl sites for hydroxylation is 1. The minimum absolute atomic E-state index is 0.0280. The summed E-state index contributed by atoms with van der Waals surface area (Å²) in [6, 6.07) is 8.31. The van der Waals surface area contributed by atoms with Gasteiger partial charge < -0.3 is 15.0 Å². The number of thioether (sulfide) groups is 1. The van der Waals surface area contributed by atoms with Gasteiger partial charge in [-0.25, -0.2) is 0 Å². The summed E-state index contributed by atoms with van der Waals surface area (Å²) in [5.41, 5.74) is 7.19. The molecule has 2 aromatic rings. The lowest BCUT2D eigenvalue weighted by Crippen LogP contribution is -2.27. The van der Waals surface area contributed by atoms with Gasteiger partial charge in [0.1, 0.15) is 0 Å². The van der Waals surface area contributed by atoms with Crippen LogP contribution in [0, 0.1) is 6.92 Å². The first-order chi connectivity index (χ1) is 9.72. The second kappa shape index (κ2) is 5.95. The number of rotatable bonds is 4. The largest absolute Gasteiger partial charge is 0.379 e. The van der Waals surface area contributed by atoms with Crippen molar-refractivity contribution in [2.45, 2.75) is 29.5 Å². The van der Waals surface area contributed by atoms with E-state index < -0.39 is 0 Å². The minimum Gasteiger partial charge on any atom is -0.379 e. The van der Waals surface area contributed by atoms with E-state index in [0.29, 0.717) is 30.7 Å². The zero-order valence-corrected chi connectivity index (χ0v) is 12.1. The first kappa shape index (κ1) is 13.6. The van der Waals surface area contributed by atoms with Crippen LogP contribution in [0.1, 0.15) is 23.2 Å². The van der Waals surface area contributed by atoms with Crippen LogP contribution in [0.3, 0.4) is 0 Å². The van der Waals surface area contributed by atoms with Crippen LogP contribution in [0.15, 0.2) is 33.7 Å². The van der Waals surface area contributed by atoms with Crippen LogP contribution < -0.4 is 5.73 Å². The zero-order valence-electron chi connectivity index (χ0n) is 11.3. The van der Waals surface area contributed by atoms with Crippen LogP contribution in [-0.2, 0) is 10.5 Å². The van der Waals surface area contributed by atoms with Crippen molar-refractivity contribution in [2.75, 3.05) is 13.2 Å². The van der Waals surface area contributed by atoms with Gasteiger partial charge in [0, 0.05) is 10.9 Å². The van der Waals surface area contributed by atoms with E-state index in [1.807, 2.05) is 6.07 Å². The molecule has 0 spiro atoms. The van der Waals surface area contributed by atoms with E-state index in [1.54, 1.807) is 11.8 Å². The first-order valence-electron chi connectivity index (χ1n) is 6.57. The summed E-state index contributed by atoms with van der Waals surface area (Å²) in [5.74, 6) is 2.01. The van der Waals surface area contributed by atoms with E-state index >= 15 is 0 Å². The summed E-state index contributed by atoms with van der Waals surface area (Å²) in [4.78, 5) is 5.63. The normalized spacial score (nSPS) is 22.3.